The summed E-state index contributed by atoms with van der Waals surface area (Å²) in [5.74, 6) is 0.439. The molecule has 4 rings (SSSR count). The Morgan fingerprint density at radius 2 is 1.94 bits per heavy atom. The Labute approximate surface area is 190 Å². The molecule has 2 aromatic heterocycles. The van der Waals surface area contributed by atoms with Crippen LogP contribution in [0, 0.1) is 0 Å². The van der Waals surface area contributed by atoms with Gasteiger partial charge in [-0.15, -0.1) is 0 Å². The quantitative estimate of drug-likeness (QED) is 0.411. The standard InChI is InChI=1S/C23H22N4O5S/c1-2-27(15-21-25-20-11-4-3-10-19(20)22(28)26-21)23(29)16-7-5-9-18(13-16)33(30,31)24-14-17-8-6-12-32-17/h3-13,24H,2,14-15H2,1H3,(H,25,26,28). The number of aromatic nitrogens is 2. The number of hydrogen-bond acceptors (Lipinski definition) is 6. The lowest BCUT2D eigenvalue weighted by Crippen LogP contribution is -2.32. The number of nitrogens with zero attached hydrogens (tertiary/aromatic N) is 2. The molecule has 0 bridgehead atoms. The van der Waals surface area contributed by atoms with Crippen molar-refractivity contribution in [3.63, 3.8) is 0 Å². The SMILES string of the molecule is CCN(Cc1nc2ccccc2c(=O)[nH]1)C(=O)c1cccc(S(=O)(=O)NCc2ccco2)c1. The van der Waals surface area contributed by atoms with E-state index in [0.29, 0.717) is 29.0 Å². The number of para-hydroxylation sites is 1. The molecule has 33 heavy (non-hydrogen) atoms. The number of hydrogen-bond donors (Lipinski definition) is 2. The number of benzene rings is 2. The van der Waals surface area contributed by atoms with Crippen molar-refractivity contribution in [1.82, 2.24) is 19.6 Å². The third-order valence-electron chi connectivity index (χ3n) is 5.08. The van der Waals surface area contributed by atoms with Crippen LogP contribution in [0.5, 0.6) is 0 Å². The average molecular weight is 467 g/mol. The number of fused-ring (bicyclic) bond motifs is 1. The van der Waals surface area contributed by atoms with Crippen LogP contribution < -0.4 is 10.3 Å². The van der Waals surface area contributed by atoms with Gasteiger partial charge in [0.15, 0.2) is 0 Å². The Hall–Kier alpha value is -3.76. The van der Waals surface area contributed by atoms with Gasteiger partial charge in [-0.25, -0.2) is 18.1 Å². The summed E-state index contributed by atoms with van der Waals surface area (Å²) in [6, 6.07) is 16.1. The first-order valence-corrected chi connectivity index (χ1v) is 11.7. The first-order chi connectivity index (χ1) is 15.9. The van der Waals surface area contributed by atoms with Gasteiger partial charge >= 0.3 is 0 Å². The fourth-order valence-electron chi connectivity index (χ4n) is 3.36. The number of amides is 1. The Morgan fingerprint density at radius 3 is 2.70 bits per heavy atom. The highest BCUT2D eigenvalue weighted by Crippen LogP contribution is 2.16. The van der Waals surface area contributed by atoms with Gasteiger partial charge in [-0.3, -0.25) is 9.59 Å². The van der Waals surface area contributed by atoms with Crippen LogP contribution in [0.4, 0.5) is 0 Å². The van der Waals surface area contributed by atoms with Gasteiger partial charge in [0, 0.05) is 12.1 Å². The summed E-state index contributed by atoms with van der Waals surface area (Å²) in [6.45, 7) is 2.20. The highest BCUT2D eigenvalue weighted by atomic mass is 32.2. The van der Waals surface area contributed by atoms with E-state index in [4.69, 9.17) is 4.42 Å². The lowest BCUT2D eigenvalue weighted by molar-refractivity contribution is 0.0748. The second kappa shape index (κ2) is 9.39. The summed E-state index contributed by atoms with van der Waals surface area (Å²) < 4.78 is 32.9. The zero-order valence-corrected chi connectivity index (χ0v) is 18.6. The maximum Gasteiger partial charge on any atom is 0.258 e. The zero-order valence-electron chi connectivity index (χ0n) is 17.8. The van der Waals surface area contributed by atoms with Gasteiger partial charge in [-0.1, -0.05) is 18.2 Å². The van der Waals surface area contributed by atoms with Gasteiger partial charge in [-0.05, 0) is 49.4 Å². The van der Waals surface area contributed by atoms with Crippen molar-refractivity contribution in [2.75, 3.05) is 6.54 Å². The zero-order chi connectivity index (χ0) is 23.4. The molecule has 1 amide bonds. The van der Waals surface area contributed by atoms with Gasteiger partial charge in [0.1, 0.15) is 11.6 Å². The number of carbonyl (C=O) groups excluding carboxylic acids is 1. The molecule has 0 aliphatic carbocycles. The van der Waals surface area contributed by atoms with Crippen LogP contribution in [0.25, 0.3) is 10.9 Å². The molecule has 0 aliphatic rings. The molecule has 0 fully saturated rings. The topological polar surface area (TPSA) is 125 Å². The number of rotatable bonds is 8. The van der Waals surface area contributed by atoms with Crippen LogP contribution >= 0.6 is 0 Å². The second-order valence-electron chi connectivity index (χ2n) is 7.28. The highest BCUT2D eigenvalue weighted by molar-refractivity contribution is 7.89. The van der Waals surface area contributed by atoms with Crippen molar-refractivity contribution in [3.05, 3.63) is 94.4 Å². The average Bonchev–Trinajstić information content (AvgIpc) is 3.35. The fourth-order valence-corrected chi connectivity index (χ4v) is 4.40. The maximum atomic E-state index is 13.1. The molecule has 170 valence electrons. The van der Waals surface area contributed by atoms with Gasteiger partial charge in [0.25, 0.3) is 11.5 Å². The summed E-state index contributed by atoms with van der Waals surface area (Å²) >= 11 is 0. The Morgan fingerprint density at radius 1 is 1.12 bits per heavy atom. The second-order valence-corrected chi connectivity index (χ2v) is 9.05. The number of carbonyl (C=O) groups is 1. The minimum Gasteiger partial charge on any atom is -0.468 e. The number of H-pyrrole nitrogens is 1. The molecule has 0 aliphatic heterocycles. The van der Waals surface area contributed by atoms with E-state index in [1.165, 1.54) is 29.4 Å². The summed E-state index contributed by atoms with van der Waals surface area (Å²) in [7, 11) is -3.85. The Bertz CT molecular complexity index is 1450. The van der Waals surface area contributed by atoms with E-state index in [1.54, 1.807) is 49.4 Å². The fraction of sp³-hybridized carbons (Fsp3) is 0.174. The lowest BCUT2D eigenvalue weighted by atomic mass is 10.2. The molecule has 0 saturated heterocycles. The van der Waals surface area contributed by atoms with E-state index in [0.717, 1.165) is 0 Å². The van der Waals surface area contributed by atoms with Crippen LogP contribution in [0.3, 0.4) is 0 Å². The molecule has 2 N–H and O–H groups in total. The van der Waals surface area contributed by atoms with E-state index in [2.05, 4.69) is 14.7 Å². The highest BCUT2D eigenvalue weighted by Gasteiger charge is 2.20. The molecule has 10 heteroatoms. The molecular formula is C23H22N4O5S. The Kier molecular flexibility index (Phi) is 6.38. The summed E-state index contributed by atoms with van der Waals surface area (Å²) in [6.07, 6.45) is 1.46. The third kappa shape index (κ3) is 5.02. The lowest BCUT2D eigenvalue weighted by Gasteiger charge is -2.21. The molecule has 0 spiro atoms. The Balaban J connectivity index is 1.54. The molecule has 2 aromatic carbocycles. The van der Waals surface area contributed by atoms with Gasteiger partial charge in [0.2, 0.25) is 10.0 Å². The monoisotopic (exact) mass is 466 g/mol. The minimum atomic E-state index is -3.85. The van der Waals surface area contributed by atoms with Crippen LogP contribution in [-0.4, -0.2) is 35.7 Å². The van der Waals surface area contributed by atoms with Crippen molar-refractivity contribution in [3.8, 4) is 0 Å². The van der Waals surface area contributed by atoms with Crippen LogP contribution in [0.15, 0.2) is 81.0 Å². The molecule has 4 aromatic rings. The first kappa shape index (κ1) is 22.4. The number of sulfonamides is 1. The van der Waals surface area contributed by atoms with E-state index in [9.17, 15) is 18.0 Å². The van der Waals surface area contributed by atoms with Crippen LogP contribution in [0.1, 0.15) is 28.9 Å². The molecule has 0 radical (unpaired) electrons. The van der Waals surface area contributed by atoms with E-state index < -0.39 is 10.0 Å². The van der Waals surface area contributed by atoms with E-state index in [-0.39, 0.29) is 35.0 Å². The van der Waals surface area contributed by atoms with Gasteiger partial charge < -0.3 is 14.3 Å². The normalized spacial score (nSPS) is 11.5. The molecule has 2 heterocycles. The van der Waals surface area contributed by atoms with Crippen LogP contribution in [0.2, 0.25) is 0 Å². The van der Waals surface area contributed by atoms with Crippen molar-refractivity contribution < 1.29 is 17.6 Å². The smallest absolute Gasteiger partial charge is 0.258 e. The molecular weight excluding hydrogens is 444 g/mol. The first-order valence-electron chi connectivity index (χ1n) is 10.3. The van der Waals surface area contributed by atoms with Gasteiger partial charge in [0.05, 0.1) is 35.2 Å². The maximum absolute atomic E-state index is 13.1. The summed E-state index contributed by atoms with van der Waals surface area (Å²) in [4.78, 5) is 34.1. The van der Waals surface area contributed by atoms with Crippen molar-refractivity contribution in [2.45, 2.75) is 24.9 Å². The number of aromatic amines is 1. The number of furan rings is 1. The molecule has 0 atom stereocenters. The van der Waals surface area contributed by atoms with E-state index in [1.807, 2.05) is 0 Å². The minimum absolute atomic E-state index is 0.00438. The summed E-state index contributed by atoms with van der Waals surface area (Å²) in [5.41, 5.74) is 0.464. The predicted molar refractivity (Wildman–Crippen MR) is 122 cm³/mol. The molecule has 0 saturated carbocycles. The third-order valence-corrected chi connectivity index (χ3v) is 6.48. The van der Waals surface area contributed by atoms with Crippen molar-refractivity contribution in [2.24, 2.45) is 0 Å². The summed E-state index contributed by atoms with van der Waals surface area (Å²) in [5, 5.41) is 0.468. The molecule has 0 unspecified atom stereocenters. The van der Waals surface area contributed by atoms with E-state index >= 15 is 0 Å². The van der Waals surface area contributed by atoms with Crippen molar-refractivity contribution in [1.29, 1.82) is 0 Å². The van der Waals surface area contributed by atoms with Crippen molar-refractivity contribution >= 4 is 26.8 Å². The predicted octanol–water partition coefficient (Wildman–Crippen LogP) is 2.66. The van der Waals surface area contributed by atoms with Gasteiger partial charge in [-0.2, -0.15) is 0 Å². The largest absolute Gasteiger partial charge is 0.468 e. The number of nitrogens with one attached hydrogen (secondary N) is 2. The van der Waals surface area contributed by atoms with Crippen LogP contribution in [-0.2, 0) is 23.1 Å². The molecule has 9 nitrogen and oxygen atoms in total.